The molecule has 1 aromatic carbocycles. The average Bonchev–Trinajstić information content (AvgIpc) is 2.92. The summed E-state index contributed by atoms with van der Waals surface area (Å²) in [7, 11) is 3.76. The number of benzene rings is 1. The van der Waals surface area contributed by atoms with Crippen molar-refractivity contribution >= 4 is 11.6 Å². The van der Waals surface area contributed by atoms with Crippen molar-refractivity contribution in [3.05, 3.63) is 53.7 Å². The Balaban J connectivity index is 2.05. The standard InChI is InChI=1S/C15H18FN3O2/c1-19(2)13(14-4-3-7-21-14)9-18-15(20)11-6-5-10(17)8-12(11)16/h3-8,13H,9,17H2,1-2H3,(H,18,20). The van der Waals surface area contributed by atoms with Crippen molar-refractivity contribution in [3.63, 3.8) is 0 Å². The largest absolute Gasteiger partial charge is 0.468 e. The molecule has 6 heteroatoms. The van der Waals surface area contributed by atoms with Crippen LogP contribution in [0.2, 0.25) is 0 Å². The van der Waals surface area contributed by atoms with Crippen molar-refractivity contribution < 1.29 is 13.6 Å². The maximum Gasteiger partial charge on any atom is 0.254 e. The fourth-order valence-corrected chi connectivity index (χ4v) is 2.02. The Labute approximate surface area is 122 Å². The molecule has 0 aliphatic rings. The lowest BCUT2D eigenvalue weighted by atomic mass is 10.1. The van der Waals surface area contributed by atoms with Crippen molar-refractivity contribution in [2.24, 2.45) is 0 Å². The summed E-state index contributed by atoms with van der Waals surface area (Å²) in [4.78, 5) is 13.9. The van der Waals surface area contributed by atoms with Gasteiger partial charge in [-0.2, -0.15) is 0 Å². The molecule has 0 fully saturated rings. The highest BCUT2D eigenvalue weighted by Gasteiger charge is 2.19. The number of rotatable bonds is 5. The van der Waals surface area contributed by atoms with E-state index in [1.807, 2.05) is 25.1 Å². The first kappa shape index (κ1) is 15.1. The van der Waals surface area contributed by atoms with Gasteiger partial charge in [0.2, 0.25) is 0 Å². The van der Waals surface area contributed by atoms with E-state index in [2.05, 4.69) is 5.32 Å². The van der Waals surface area contributed by atoms with Gasteiger partial charge < -0.3 is 15.5 Å². The molecule has 21 heavy (non-hydrogen) atoms. The van der Waals surface area contributed by atoms with Crippen LogP contribution in [0, 0.1) is 5.82 Å². The maximum absolute atomic E-state index is 13.7. The van der Waals surface area contributed by atoms with Crippen LogP contribution in [0.25, 0.3) is 0 Å². The molecular formula is C15H18FN3O2. The van der Waals surface area contributed by atoms with Crippen molar-refractivity contribution in [2.45, 2.75) is 6.04 Å². The molecule has 0 radical (unpaired) electrons. The molecule has 0 spiro atoms. The Bertz CT molecular complexity index is 611. The fraction of sp³-hybridized carbons (Fsp3) is 0.267. The van der Waals surface area contributed by atoms with Crippen LogP contribution in [0.1, 0.15) is 22.2 Å². The molecule has 0 saturated carbocycles. The summed E-state index contributed by atoms with van der Waals surface area (Å²) in [6.45, 7) is 0.309. The lowest BCUT2D eigenvalue weighted by Crippen LogP contribution is -2.34. The number of amides is 1. The number of nitrogens with one attached hydrogen (secondary N) is 1. The molecule has 1 atom stereocenters. The van der Waals surface area contributed by atoms with Gasteiger partial charge in [0, 0.05) is 12.2 Å². The molecule has 2 rings (SSSR count). The van der Waals surface area contributed by atoms with Gasteiger partial charge >= 0.3 is 0 Å². The predicted molar refractivity (Wildman–Crippen MR) is 78.3 cm³/mol. The summed E-state index contributed by atoms with van der Waals surface area (Å²) in [5.74, 6) is -0.379. The van der Waals surface area contributed by atoms with Crippen LogP contribution in [-0.2, 0) is 0 Å². The molecule has 5 nitrogen and oxygen atoms in total. The van der Waals surface area contributed by atoms with Crippen molar-refractivity contribution in [1.82, 2.24) is 10.2 Å². The Morgan fingerprint density at radius 3 is 2.76 bits per heavy atom. The van der Waals surface area contributed by atoms with E-state index in [-0.39, 0.29) is 17.3 Å². The van der Waals surface area contributed by atoms with E-state index >= 15 is 0 Å². The van der Waals surface area contributed by atoms with Crippen LogP contribution in [0.4, 0.5) is 10.1 Å². The molecule has 1 heterocycles. The number of nitrogens with two attached hydrogens (primary N) is 1. The number of carbonyl (C=O) groups excluding carboxylic acids is 1. The number of hydrogen-bond donors (Lipinski definition) is 2. The fourth-order valence-electron chi connectivity index (χ4n) is 2.02. The van der Waals surface area contributed by atoms with Gasteiger partial charge in [-0.05, 0) is 44.4 Å². The van der Waals surface area contributed by atoms with Crippen molar-refractivity contribution in [3.8, 4) is 0 Å². The number of halogens is 1. The molecule has 0 aliphatic heterocycles. The molecule has 0 saturated heterocycles. The number of anilines is 1. The summed E-state index contributed by atoms with van der Waals surface area (Å²) >= 11 is 0. The van der Waals surface area contributed by atoms with Gasteiger partial charge in [-0.15, -0.1) is 0 Å². The minimum atomic E-state index is -0.632. The van der Waals surface area contributed by atoms with E-state index in [1.54, 1.807) is 12.3 Å². The number of likely N-dealkylation sites (N-methyl/N-ethyl adjacent to an activating group) is 1. The number of nitrogen functional groups attached to an aromatic ring is 1. The summed E-state index contributed by atoms with van der Waals surface area (Å²) in [6.07, 6.45) is 1.58. The van der Waals surface area contributed by atoms with Gasteiger partial charge in [-0.25, -0.2) is 4.39 Å². The average molecular weight is 291 g/mol. The third-order valence-electron chi connectivity index (χ3n) is 3.19. The van der Waals surface area contributed by atoms with E-state index in [0.29, 0.717) is 6.54 Å². The smallest absolute Gasteiger partial charge is 0.254 e. The summed E-state index contributed by atoms with van der Waals surface area (Å²) < 4.78 is 19.0. The lowest BCUT2D eigenvalue weighted by Gasteiger charge is -2.22. The zero-order chi connectivity index (χ0) is 15.4. The predicted octanol–water partition coefficient (Wildman–Crippen LogP) is 2.03. The van der Waals surface area contributed by atoms with Crippen LogP contribution < -0.4 is 11.1 Å². The maximum atomic E-state index is 13.7. The van der Waals surface area contributed by atoms with E-state index in [1.165, 1.54) is 12.1 Å². The van der Waals surface area contributed by atoms with E-state index < -0.39 is 11.7 Å². The zero-order valence-corrected chi connectivity index (χ0v) is 12.0. The van der Waals surface area contributed by atoms with Crippen LogP contribution in [0.5, 0.6) is 0 Å². The Morgan fingerprint density at radius 2 is 2.19 bits per heavy atom. The van der Waals surface area contributed by atoms with Crippen LogP contribution in [-0.4, -0.2) is 31.4 Å². The van der Waals surface area contributed by atoms with Gasteiger partial charge in [0.15, 0.2) is 0 Å². The third-order valence-corrected chi connectivity index (χ3v) is 3.19. The topological polar surface area (TPSA) is 71.5 Å². The highest BCUT2D eigenvalue weighted by molar-refractivity contribution is 5.94. The molecule has 2 aromatic rings. The van der Waals surface area contributed by atoms with Gasteiger partial charge in [-0.1, -0.05) is 0 Å². The van der Waals surface area contributed by atoms with Gasteiger partial charge in [-0.3, -0.25) is 9.69 Å². The third kappa shape index (κ3) is 3.61. The number of carbonyl (C=O) groups is 1. The molecule has 1 unspecified atom stereocenters. The minimum absolute atomic E-state index is 0.0267. The molecule has 1 aromatic heterocycles. The number of nitrogens with zero attached hydrogens (tertiary/aromatic N) is 1. The summed E-state index contributed by atoms with van der Waals surface area (Å²) in [5.41, 5.74) is 5.72. The second-order valence-electron chi connectivity index (χ2n) is 4.94. The SMILES string of the molecule is CN(C)C(CNC(=O)c1ccc(N)cc1F)c1ccco1. The minimum Gasteiger partial charge on any atom is -0.468 e. The van der Waals surface area contributed by atoms with Gasteiger partial charge in [0.25, 0.3) is 5.91 Å². The van der Waals surface area contributed by atoms with Crippen LogP contribution >= 0.6 is 0 Å². The Hall–Kier alpha value is -2.34. The second-order valence-corrected chi connectivity index (χ2v) is 4.94. The second kappa shape index (κ2) is 6.41. The molecule has 0 aliphatic carbocycles. The van der Waals surface area contributed by atoms with Crippen LogP contribution in [0.3, 0.4) is 0 Å². The van der Waals surface area contributed by atoms with E-state index in [9.17, 15) is 9.18 Å². The summed E-state index contributed by atoms with van der Waals surface area (Å²) in [6, 6.07) is 7.49. The first-order valence-electron chi connectivity index (χ1n) is 6.52. The number of furan rings is 1. The van der Waals surface area contributed by atoms with Crippen molar-refractivity contribution in [1.29, 1.82) is 0 Å². The normalized spacial score (nSPS) is 12.4. The first-order valence-corrected chi connectivity index (χ1v) is 6.52. The zero-order valence-electron chi connectivity index (χ0n) is 12.0. The molecule has 0 bridgehead atoms. The quantitative estimate of drug-likeness (QED) is 0.827. The Morgan fingerprint density at radius 1 is 1.43 bits per heavy atom. The molecule has 112 valence electrons. The Kier molecular flexibility index (Phi) is 4.59. The monoisotopic (exact) mass is 291 g/mol. The van der Waals surface area contributed by atoms with Crippen LogP contribution in [0.15, 0.2) is 41.0 Å². The highest BCUT2D eigenvalue weighted by atomic mass is 19.1. The number of hydrogen-bond acceptors (Lipinski definition) is 4. The molecular weight excluding hydrogens is 273 g/mol. The lowest BCUT2D eigenvalue weighted by molar-refractivity contribution is 0.0935. The van der Waals surface area contributed by atoms with E-state index in [4.69, 9.17) is 10.2 Å². The van der Waals surface area contributed by atoms with E-state index in [0.717, 1.165) is 11.8 Å². The van der Waals surface area contributed by atoms with Gasteiger partial charge in [0.05, 0.1) is 17.9 Å². The highest BCUT2D eigenvalue weighted by Crippen LogP contribution is 2.18. The molecule has 3 N–H and O–H groups in total. The summed E-state index contributed by atoms with van der Waals surface area (Å²) in [5, 5.41) is 2.71. The first-order chi connectivity index (χ1) is 9.99. The van der Waals surface area contributed by atoms with Crippen molar-refractivity contribution in [2.75, 3.05) is 26.4 Å². The van der Waals surface area contributed by atoms with Gasteiger partial charge in [0.1, 0.15) is 11.6 Å². The molecule has 1 amide bonds.